The van der Waals surface area contributed by atoms with Crippen LogP contribution in [0, 0.1) is 12.8 Å². The normalized spacial score (nSPS) is 21.5. The minimum absolute atomic E-state index is 0.133. The van der Waals surface area contributed by atoms with Crippen molar-refractivity contribution in [2.45, 2.75) is 38.2 Å². The summed E-state index contributed by atoms with van der Waals surface area (Å²) in [7, 11) is -3.42. The van der Waals surface area contributed by atoms with E-state index in [0.717, 1.165) is 18.4 Å². The second-order valence-corrected chi connectivity index (χ2v) is 7.29. The Balaban J connectivity index is 2.33. The molecule has 1 aromatic carbocycles. The molecule has 0 saturated carbocycles. The van der Waals surface area contributed by atoms with Crippen LogP contribution in [-0.2, 0) is 16.6 Å². The fourth-order valence-corrected chi connectivity index (χ4v) is 4.14. The minimum Gasteiger partial charge on any atom is -0.392 e. The molecule has 0 aliphatic carbocycles. The highest BCUT2D eigenvalue weighted by Crippen LogP contribution is 2.24. The van der Waals surface area contributed by atoms with Crippen LogP contribution in [0.2, 0.25) is 0 Å². The van der Waals surface area contributed by atoms with Gasteiger partial charge < -0.3 is 5.11 Å². The first-order valence-electron chi connectivity index (χ1n) is 6.65. The lowest BCUT2D eigenvalue weighted by Crippen LogP contribution is -2.39. The van der Waals surface area contributed by atoms with Gasteiger partial charge in [-0.05, 0) is 48.9 Å². The number of aliphatic hydroxyl groups excluding tert-OH is 1. The van der Waals surface area contributed by atoms with Gasteiger partial charge in [-0.3, -0.25) is 0 Å². The van der Waals surface area contributed by atoms with Crippen LogP contribution in [0.25, 0.3) is 0 Å². The first-order valence-corrected chi connectivity index (χ1v) is 8.09. The maximum absolute atomic E-state index is 12.6. The number of rotatable bonds is 3. The van der Waals surface area contributed by atoms with Gasteiger partial charge in [-0.1, -0.05) is 13.0 Å². The summed E-state index contributed by atoms with van der Waals surface area (Å²) in [4.78, 5) is 0.288. The maximum Gasteiger partial charge on any atom is 0.243 e. The fourth-order valence-electron chi connectivity index (χ4n) is 2.49. The highest BCUT2D eigenvalue weighted by Gasteiger charge is 2.28. The molecule has 1 fully saturated rings. The number of piperidine rings is 1. The van der Waals surface area contributed by atoms with Gasteiger partial charge >= 0.3 is 0 Å². The molecule has 0 bridgehead atoms. The molecule has 5 heteroatoms. The molecule has 1 saturated heterocycles. The van der Waals surface area contributed by atoms with Gasteiger partial charge in [-0.2, -0.15) is 4.31 Å². The Hall–Kier alpha value is -0.910. The molecule has 0 radical (unpaired) electrons. The van der Waals surface area contributed by atoms with Gasteiger partial charge in [0, 0.05) is 13.1 Å². The lowest BCUT2D eigenvalue weighted by Gasteiger charge is -2.30. The number of aryl methyl sites for hydroxylation is 1. The molecule has 0 amide bonds. The van der Waals surface area contributed by atoms with Gasteiger partial charge in [0.1, 0.15) is 0 Å². The zero-order chi connectivity index (χ0) is 14.0. The summed E-state index contributed by atoms with van der Waals surface area (Å²) in [5.41, 5.74) is 1.58. The Kier molecular flexibility index (Phi) is 4.28. The summed E-state index contributed by atoms with van der Waals surface area (Å²) in [6, 6.07) is 4.97. The number of nitrogens with zero attached hydrogens (tertiary/aromatic N) is 1. The molecule has 1 aliphatic heterocycles. The Morgan fingerprint density at radius 3 is 2.79 bits per heavy atom. The van der Waals surface area contributed by atoms with Crippen LogP contribution < -0.4 is 0 Å². The molecular formula is C14H21NO3S. The quantitative estimate of drug-likeness (QED) is 0.922. The molecular weight excluding hydrogens is 262 g/mol. The molecule has 2 rings (SSSR count). The van der Waals surface area contributed by atoms with E-state index in [1.807, 2.05) is 6.92 Å². The van der Waals surface area contributed by atoms with Crippen LogP contribution in [-0.4, -0.2) is 30.9 Å². The molecule has 19 heavy (non-hydrogen) atoms. The zero-order valence-corrected chi connectivity index (χ0v) is 12.3. The fraction of sp³-hybridized carbons (Fsp3) is 0.571. The van der Waals surface area contributed by atoms with Crippen molar-refractivity contribution < 1.29 is 13.5 Å². The summed E-state index contributed by atoms with van der Waals surface area (Å²) >= 11 is 0. The third-order valence-electron chi connectivity index (χ3n) is 3.75. The third-order valence-corrected chi connectivity index (χ3v) is 5.61. The van der Waals surface area contributed by atoms with Crippen molar-refractivity contribution in [1.29, 1.82) is 0 Å². The van der Waals surface area contributed by atoms with Crippen LogP contribution in [0.15, 0.2) is 23.1 Å². The van der Waals surface area contributed by atoms with Crippen molar-refractivity contribution >= 4 is 10.0 Å². The third kappa shape index (κ3) is 2.99. The number of sulfonamides is 1. The van der Waals surface area contributed by atoms with E-state index in [2.05, 4.69) is 6.92 Å². The van der Waals surface area contributed by atoms with Gasteiger partial charge in [0.15, 0.2) is 0 Å². The number of hydrogen-bond acceptors (Lipinski definition) is 3. The average molecular weight is 283 g/mol. The summed E-state index contributed by atoms with van der Waals surface area (Å²) in [5.74, 6) is 0.409. The Labute approximate surface area is 115 Å². The first-order chi connectivity index (χ1) is 8.95. The monoisotopic (exact) mass is 283 g/mol. The van der Waals surface area contributed by atoms with Gasteiger partial charge in [-0.25, -0.2) is 8.42 Å². The number of aliphatic hydroxyl groups is 1. The second-order valence-electron chi connectivity index (χ2n) is 5.36. The summed E-state index contributed by atoms with van der Waals surface area (Å²) in [6.45, 7) is 4.99. The number of benzene rings is 1. The van der Waals surface area contributed by atoms with Gasteiger partial charge in [0.2, 0.25) is 10.0 Å². The van der Waals surface area contributed by atoms with E-state index in [0.29, 0.717) is 24.6 Å². The van der Waals surface area contributed by atoms with E-state index in [1.54, 1.807) is 22.5 Å². The van der Waals surface area contributed by atoms with Crippen molar-refractivity contribution in [2.24, 2.45) is 5.92 Å². The zero-order valence-electron chi connectivity index (χ0n) is 11.5. The predicted octanol–water partition coefficient (Wildman–Crippen LogP) is 1.91. The molecule has 1 atom stereocenters. The molecule has 1 heterocycles. The van der Waals surface area contributed by atoms with E-state index >= 15 is 0 Å². The average Bonchev–Trinajstić information content (AvgIpc) is 2.39. The topological polar surface area (TPSA) is 57.6 Å². The molecule has 1 N–H and O–H groups in total. The lowest BCUT2D eigenvalue weighted by molar-refractivity contribution is 0.278. The highest BCUT2D eigenvalue weighted by molar-refractivity contribution is 7.89. The van der Waals surface area contributed by atoms with Gasteiger partial charge in [-0.15, -0.1) is 0 Å². The largest absolute Gasteiger partial charge is 0.392 e. The summed E-state index contributed by atoms with van der Waals surface area (Å²) < 4.78 is 26.7. The molecule has 1 unspecified atom stereocenters. The molecule has 0 spiro atoms. The second kappa shape index (κ2) is 5.61. The lowest BCUT2D eigenvalue weighted by atomic mass is 10.0. The van der Waals surface area contributed by atoms with Gasteiger partial charge in [0.25, 0.3) is 0 Å². The molecule has 0 aromatic heterocycles. The minimum atomic E-state index is -3.42. The van der Waals surface area contributed by atoms with Crippen LogP contribution in [0.5, 0.6) is 0 Å². The van der Waals surface area contributed by atoms with E-state index in [4.69, 9.17) is 0 Å². The molecule has 4 nitrogen and oxygen atoms in total. The Morgan fingerprint density at radius 2 is 2.16 bits per heavy atom. The first kappa shape index (κ1) is 14.5. The Morgan fingerprint density at radius 1 is 1.42 bits per heavy atom. The standard InChI is InChI=1S/C14H21NO3S/c1-11-4-3-7-15(9-11)19(17,18)14-6-5-12(2)13(8-14)10-16/h5-6,8,11,16H,3-4,7,9-10H2,1-2H3. The van der Waals surface area contributed by atoms with Gasteiger partial charge in [0.05, 0.1) is 11.5 Å². The highest BCUT2D eigenvalue weighted by atomic mass is 32.2. The van der Waals surface area contributed by atoms with Crippen LogP contribution in [0.3, 0.4) is 0 Å². The van der Waals surface area contributed by atoms with Crippen molar-refractivity contribution in [3.05, 3.63) is 29.3 Å². The van der Waals surface area contributed by atoms with E-state index in [-0.39, 0.29) is 11.5 Å². The van der Waals surface area contributed by atoms with Crippen molar-refractivity contribution in [3.63, 3.8) is 0 Å². The smallest absolute Gasteiger partial charge is 0.243 e. The van der Waals surface area contributed by atoms with Crippen LogP contribution in [0.4, 0.5) is 0 Å². The van der Waals surface area contributed by atoms with E-state index < -0.39 is 10.0 Å². The summed E-state index contributed by atoms with van der Waals surface area (Å²) in [6.07, 6.45) is 2.00. The van der Waals surface area contributed by atoms with Crippen molar-refractivity contribution in [2.75, 3.05) is 13.1 Å². The summed E-state index contributed by atoms with van der Waals surface area (Å²) in [5, 5.41) is 9.25. The number of hydrogen-bond donors (Lipinski definition) is 1. The SMILES string of the molecule is Cc1ccc(S(=O)(=O)N2CCCC(C)C2)cc1CO. The molecule has 1 aromatic rings. The predicted molar refractivity (Wildman–Crippen MR) is 74.3 cm³/mol. The van der Waals surface area contributed by atoms with Crippen molar-refractivity contribution in [1.82, 2.24) is 4.31 Å². The Bertz CT molecular complexity index is 554. The molecule has 1 aliphatic rings. The van der Waals surface area contributed by atoms with E-state index in [9.17, 15) is 13.5 Å². The molecule has 106 valence electrons. The van der Waals surface area contributed by atoms with Crippen LogP contribution >= 0.6 is 0 Å². The maximum atomic E-state index is 12.6. The van der Waals surface area contributed by atoms with E-state index in [1.165, 1.54) is 0 Å². The van der Waals surface area contributed by atoms with Crippen LogP contribution in [0.1, 0.15) is 30.9 Å². The van der Waals surface area contributed by atoms with Crippen molar-refractivity contribution in [3.8, 4) is 0 Å².